The fourth-order valence-electron chi connectivity index (χ4n) is 0.954. The third kappa shape index (κ3) is 1.52. The van der Waals surface area contributed by atoms with Crippen LogP contribution >= 0.6 is 11.6 Å². The minimum atomic E-state index is -0.979. The number of aliphatic hydroxyl groups is 1. The molecule has 0 bridgehead atoms. The Labute approximate surface area is 74.2 Å². The highest BCUT2D eigenvalue weighted by molar-refractivity contribution is 6.31. The lowest BCUT2D eigenvalue weighted by molar-refractivity contribution is 0.194. The van der Waals surface area contributed by atoms with E-state index < -0.39 is 11.9 Å². The van der Waals surface area contributed by atoms with E-state index in [4.69, 9.17) is 16.7 Å². The predicted molar refractivity (Wildman–Crippen MR) is 43.7 cm³/mol. The molecule has 0 saturated heterocycles. The number of aromatic hydroxyl groups is 1. The zero-order valence-electron chi connectivity index (χ0n) is 6.38. The van der Waals surface area contributed by atoms with Crippen LogP contribution in [0.2, 0.25) is 5.02 Å². The van der Waals surface area contributed by atoms with Gasteiger partial charge in [-0.1, -0.05) is 11.6 Å². The third-order valence-electron chi connectivity index (χ3n) is 1.53. The highest BCUT2D eigenvalue weighted by Gasteiger charge is 2.15. The van der Waals surface area contributed by atoms with Crippen molar-refractivity contribution in [3.63, 3.8) is 0 Å². The summed E-state index contributed by atoms with van der Waals surface area (Å²) >= 11 is 5.50. The Morgan fingerprint density at radius 2 is 2.08 bits per heavy atom. The molecule has 0 fully saturated rings. The maximum Gasteiger partial charge on any atom is 0.142 e. The van der Waals surface area contributed by atoms with Crippen molar-refractivity contribution < 1.29 is 14.6 Å². The van der Waals surface area contributed by atoms with E-state index in [2.05, 4.69) is 0 Å². The number of phenolic OH excluding ortho intramolecular Hbond substituents is 1. The zero-order chi connectivity index (χ0) is 9.30. The van der Waals surface area contributed by atoms with Gasteiger partial charge in [0.2, 0.25) is 0 Å². The summed E-state index contributed by atoms with van der Waals surface area (Å²) in [7, 11) is 0. The van der Waals surface area contributed by atoms with Gasteiger partial charge in [-0.15, -0.1) is 0 Å². The fraction of sp³-hybridized carbons (Fsp3) is 0.250. The first-order valence-electron chi connectivity index (χ1n) is 3.39. The van der Waals surface area contributed by atoms with Crippen LogP contribution in [0.5, 0.6) is 5.75 Å². The molecule has 1 aromatic rings. The quantitative estimate of drug-likeness (QED) is 0.713. The van der Waals surface area contributed by atoms with E-state index in [-0.39, 0.29) is 16.3 Å². The number of rotatable bonds is 1. The van der Waals surface area contributed by atoms with Crippen molar-refractivity contribution in [3.8, 4) is 5.75 Å². The number of benzene rings is 1. The smallest absolute Gasteiger partial charge is 0.142 e. The van der Waals surface area contributed by atoms with Crippen LogP contribution in [0.4, 0.5) is 4.39 Å². The number of hydrogen-bond donors (Lipinski definition) is 2. The first kappa shape index (κ1) is 9.29. The molecule has 0 aromatic heterocycles. The van der Waals surface area contributed by atoms with Crippen molar-refractivity contribution in [2.45, 2.75) is 13.0 Å². The van der Waals surface area contributed by atoms with Gasteiger partial charge in [0.1, 0.15) is 11.6 Å². The summed E-state index contributed by atoms with van der Waals surface area (Å²) in [5.74, 6) is -0.846. The number of halogens is 2. The Bertz CT molecular complexity index is 299. The Hall–Kier alpha value is -0.800. The minimum Gasteiger partial charge on any atom is -0.508 e. The van der Waals surface area contributed by atoms with Crippen molar-refractivity contribution >= 4 is 11.6 Å². The monoisotopic (exact) mass is 190 g/mol. The topological polar surface area (TPSA) is 40.5 Å². The molecule has 0 aliphatic heterocycles. The first-order chi connectivity index (χ1) is 5.54. The van der Waals surface area contributed by atoms with Gasteiger partial charge in [-0.2, -0.15) is 0 Å². The lowest BCUT2D eigenvalue weighted by Gasteiger charge is -2.09. The Morgan fingerprint density at radius 1 is 1.50 bits per heavy atom. The molecule has 1 unspecified atom stereocenters. The third-order valence-corrected chi connectivity index (χ3v) is 1.91. The first-order valence-corrected chi connectivity index (χ1v) is 3.76. The van der Waals surface area contributed by atoms with Crippen molar-refractivity contribution in [1.29, 1.82) is 0 Å². The normalized spacial score (nSPS) is 13.0. The van der Waals surface area contributed by atoms with E-state index >= 15 is 0 Å². The molecule has 12 heavy (non-hydrogen) atoms. The molecule has 2 N–H and O–H groups in total. The second-order valence-corrected chi connectivity index (χ2v) is 2.85. The van der Waals surface area contributed by atoms with Crippen LogP contribution in [0.15, 0.2) is 12.1 Å². The van der Waals surface area contributed by atoms with Gasteiger partial charge in [-0.25, -0.2) is 4.39 Å². The summed E-state index contributed by atoms with van der Waals surface area (Å²) < 4.78 is 12.8. The zero-order valence-corrected chi connectivity index (χ0v) is 7.14. The molecule has 1 rings (SSSR count). The summed E-state index contributed by atoms with van der Waals surface area (Å²) in [6.45, 7) is 1.40. The van der Waals surface area contributed by atoms with E-state index in [1.165, 1.54) is 6.92 Å². The van der Waals surface area contributed by atoms with Crippen LogP contribution in [-0.4, -0.2) is 10.2 Å². The van der Waals surface area contributed by atoms with Crippen molar-refractivity contribution in [3.05, 3.63) is 28.5 Å². The second kappa shape index (κ2) is 3.29. The SMILES string of the molecule is CC(O)c1c(O)ccc(F)c1Cl. The minimum absolute atomic E-state index is 0.0247. The van der Waals surface area contributed by atoms with Crippen LogP contribution < -0.4 is 0 Å². The van der Waals surface area contributed by atoms with E-state index in [9.17, 15) is 9.50 Å². The van der Waals surface area contributed by atoms with Crippen molar-refractivity contribution in [1.82, 2.24) is 0 Å². The van der Waals surface area contributed by atoms with Gasteiger partial charge in [0.15, 0.2) is 0 Å². The van der Waals surface area contributed by atoms with Crippen molar-refractivity contribution in [2.75, 3.05) is 0 Å². The summed E-state index contributed by atoms with van der Waals surface area (Å²) in [6, 6.07) is 2.20. The van der Waals surface area contributed by atoms with Gasteiger partial charge in [0, 0.05) is 5.56 Å². The Morgan fingerprint density at radius 3 is 2.50 bits per heavy atom. The molecule has 2 nitrogen and oxygen atoms in total. The Balaban J connectivity index is 3.33. The van der Waals surface area contributed by atoms with Gasteiger partial charge in [0.05, 0.1) is 11.1 Å². The standard InChI is InChI=1S/C8H8ClFO2/c1-4(11)7-6(12)3-2-5(10)8(7)9/h2-4,11-12H,1H3. The van der Waals surface area contributed by atoms with E-state index in [0.29, 0.717) is 0 Å². The molecule has 0 aliphatic rings. The highest BCUT2D eigenvalue weighted by Crippen LogP contribution is 2.32. The Kier molecular flexibility index (Phi) is 2.55. The number of aliphatic hydroxyl groups excluding tert-OH is 1. The molecule has 66 valence electrons. The fourth-order valence-corrected chi connectivity index (χ4v) is 1.27. The molecular formula is C8H8ClFO2. The van der Waals surface area contributed by atoms with Gasteiger partial charge in [-0.05, 0) is 19.1 Å². The van der Waals surface area contributed by atoms with Gasteiger partial charge < -0.3 is 10.2 Å². The van der Waals surface area contributed by atoms with Gasteiger partial charge >= 0.3 is 0 Å². The molecule has 0 spiro atoms. The van der Waals surface area contributed by atoms with Crippen LogP contribution in [-0.2, 0) is 0 Å². The lowest BCUT2D eigenvalue weighted by atomic mass is 10.1. The molecule has 0 amide bonds. The number of phenols is 1. The second-order valence-electron chi connectivity index (χ2n) is 2.47. The highest BCUT2D eigenvalue weighted by atomic mass is 35.5. The predicted octanol–water partition coefficient (Wildman–Crippen LogP) is 2.24. The van der Waals surface area contributed by atoms with Crippen LogP contribution in [0, 0.1) is 5.82 Å². The maximum absolute atomic E-state index is 12.8. The van der Waals surface area contributed by atoms with E-state index in [0.717, 1.165) is 12.1 Å². The largest absolute Gasteiger partial charge is 0.508 e. The molecule has 0 radical (unpaired) electrons. The molecule has 1 atom stereocenters. The summed E-state index contributed by atoms with van der Waals surface area (Å²) in [4.78, 5) is 0. The number of hydrogen-bond acceptors (Lipinski definition) is 2. The average molecular weight is 191 g/mol. The van der Waals surface area contributed by atoms with Gasteiger partial charge in [-0.3, -0.25) is 0 Å². The molecule has 0 saturated carbocycles. The molecule has 4 heteroatoms. The molecule has 1 aromatic carbocycles. The van der Waals surface area contributed by atoms with Crippen LogP contribution in [0.25, 0.3) is 0 Å². The molecule has 0 heterocycles. The lowest BCUT2D eigenvalue weighted by Crippen LogP contribution is -1.95. The molecule has 0 aliphatic carbocycles. The molecular weight excluding hydrogens is 183 g/mol. The van der Waals surface area contributed by atoms with Gasteiger partial charge in [0.25, 0.3) is 0 Å². The van der Waals surface area contributed by atoms with Crippen LogP contribution in [0.1, 0.15) is 18.6 Å². The van der Waals surface area contributed by atoms with Crippen molar-refractivity contribution in [2.24, 2.45) is 0 Å². The van der Waals surface area contributed by atoms with E-state index in [1.807, 2.05) is 0 Å². The summed E-state index contributed by atoms with van der Waals surface area (Å²) in [5.41, 5.74) is 0.0247. The summed E-state index contributed by atoms with van der Waals surface area (Å²) in [6.07, 6.45) is -0.979. The van der Waals surface area contributed by atoms with E-state index in [1.54, 1.807) is 0 Å². The summed E-state index contributed by atoms with van der Waals surface area (Å²) in [5, 5.41) is 18.0. The average Bonchev–Trinajstić information content (AvgIpc) is 1.97. The van der Waals surface area contributed by atoms with Crippen LogP contribution in [0.3, 0.4) is 0 Å². The maximum atomic E-state index is 12.8.